The highest BCUT2D eigenvalue weighted by atomic mass is 32.2. The quantitative estimate of drug-likeness (QED) is 0.834. The van der Waals surface area contributed by atoms with Gasteiger partial charge in [-0.2, -0.15) is 0 Å². The van der Waals surface area contributed by atoms with Crippen LogP contribution in [0.2, 0.25) is 0 Å². The zero-order valence-corrected chi connectivity index (χ0v) is 13.1. The molecular weight excluding hydrogens is 290 g/mol. The smallest absolute Gasteiger partial charge is 0.233 e. The predicted octanol–water partition coefficient (Wildman–Crippen LogP) is 2.94. The lowest BCUT2D eigenvalue weighted by Crippen LogP contribution is -2.33. The van der Waals surface area contributed by atoms with Crippen molar-refractivity contribution in [1.29, 1.82) is 0 Å². The number of nitrogens with one attached hydrogen (secondary N) is 1. The molecule has 1 amide bonds. The third-order valence-corrected chi connectivity index (χ3v) is 4.85. The number of aromatic nitrogens is 2. The van der Waals surface area contributed by atoms with Crippen molar-refractivity contribution in [2.45, 2.75) is 29.4 Å². The van der Waals surface area contributed by atoms with Gasteiger partial charge in [-0.05, 0) is 18.4 Å². The summed E-state index contributed by atoms with van der Waals surface area (Å²) in [4.78, 5) is 12.0. The van der Waals surface area contributed by atoms with Gasteiger partial charge in [-0.25, -0.2) is 0 Å². The molecule has 0 aliphatic carbocycles. The number of hydrogen-bond acceptors (Lipinski definition) is 5. The Bertz CT molecular complexity index is 531. The molecule has 0 saturated carbocycles. The third-order valence-electron chi connectivity index (χ3n) is 2.94. The monoisotopic (exact) mass is 307 g/mol. The number of rotatable bonds is 6. The minimum atomic E-state index is -0.161. The van der Waals surface area contributed by atoms with E-state index in [4.69, 9.17) is 0 Å². The lowest BCUT2D eigenvalue weighted by atomic mass is 10.0. The molecular formula is C14H17N3OS2. The van der Waals surface area contributed by atoms with Crippen LogP contribution < -0.4 is 5.32 Å². The number of carbonyl (C=O) groups excluding carboxylic acids is 1. The zero-order chi connectivity index (χ0) is 14.4. The van der Waals surface area contributed by atoms with Crippen LogP contribution in [0.5, 0.6) is 0 Å². The van der Waals surface area contributed by atoms with Crippen LogP contribution in [0.25, 0.3) is 0 Å². The van der Waals surface area contributed by atoms with Gasteiger partial charge >= 0.3 is 0 Å². The summed E-state index contributed by atoms with van der Waals surface area (Å²) in [5.41, 5.74) is 2.90. The normalized spacial score (nSPS) is 13.7. The van der Waals surface area contributed by atoms with Crippen molar-refractivity contribution in [2.75, 3.05) is 6.54 Å². The molecule has 2 aromatic rings. The van der Waals surface area contributed by atoms with E-state index in [-0.39, 0.29) is 11.2 Å². The van der Waals surface area contributed by atoms with Gasteiger partial charge < -0.3 is 5.32 Å². The highest BCUT2D eigenvalue weighted by Crippen LogP contribution is 2.24. The molecule has 0 radical (unpaired) electrons. The molecule has 0 saturated heterocycles. The van der Waals surface area contributed by atoms with Crippen LogP contribution in [-0.2, 0) is 4.79 Å². The van der Waals surface area contributed by atoms with Gasteiger partial charge in [0.25, 0.3) is 0 Å². The molecule has 4 nitrogen and oxygen atoms in total. The minimum Gasteiger partial charge on any atom is -0.355 e. The van der Waals surface area contributed by atoms with Crippen molar-refractivity contribution in [3.05, 3.63) is 41.4 Å². The minimum absolute atomic E-state index is 0.0352. The Morgan fingerprint density at radius 3 is 2.75 bits per heavy atom. The lowest BCUT2D eigenvalue weighted by Gasteiger charge is -2.15. The van der Waals surface area contributed by atoms with Crippen molar-refractivity contribution in [3.8, 4) is 0 Å². The predicted molar refractivity (Wildman–Crippen MR) is 83.1 cm³/mol. The van der Waals surface area contributed by atoms with E-state index >= 15 is 0 Å². The van der Waals surface area contributed by atoms with E-state index in [1.54, 1.807) is 5.51 Å². The molecule has 20 heavy (non-hydrogen) atoms. The first kappa shape index (κ1) is 15.0. The summed E-state index contributed by atoms with van der Waals surface area (Å²) in [6, 6.07) is 10.2. The van der Waals surface area contributed by atoms with Gasteiger partial charge in [0.15, 0.2) is 4.34 Å². The number of carbonyl (C=O) groups is 1. The van der Waals surface area contributed by atoms with Crippen LogP contribution in [-0.4, -0.2) is 27.9 Å². The molecule has 0 unspecified atom stereocenters. The second kappa shape index (κ2) is 7.40. The molecule has 1 aromatic carbocycles. The number of amides is 1. The average Bonchev–Trinajstić information content (AvgIpc) is 2.98. The summed E-state index contributed by atoms with van der Waals surface area (Å²) in [6.45, 7) is 4.64. The molecule has 0 bridgehead atoms. The van der Waals surface area contributed by atoms with E-state index in [9.17, 15) is 4.79 Å². The standard InChI is InChI=1S/C14H17N3OS2/c1-10(12-6-4-3-5-7-12)8-15-13(18)11(2)20-14-17-16-9-19-14/h3-7,9-11H,8H2,1-2H3,(H,15,18)/t10-,11+/m1/s1. The van der Waals surface area contributed by atoms with Crippen molar-refractivity contribution in [2.24, 2.45) is 0 Å². The summed E-state index contributed by atoms with van der Waals surface area (Å²) in [5.74, 6) is 0.340. The Hall–Kier alpha value is -1.40. The van der Waals surface area contributed by atoms with Crippen molar-refractivity contribution >= 4 is 29.0 Å². The van der Waals surface area contributed by atoms with Gasteiger partial charge in [-0.1, -0.05) is 60.4 Å². The fourth-order valence-corrected chi connectivity index (χ4v) is 3.37. The number of thioether (sulfide) groups is 1. The van der Waals surface area contributed by atoms with E-state index < -0.39 is 0 Å². The fourth-order valence-electron chi connectivity index (χ4n) is 1.72. The zero-order valence-electron chi connectivity index (χ0n) is 11.4. The van der Waals surface area contributed by atoms with Crippen LogP contribution in [0.3, 0.4) is 0 Å². The Morgan fingerprint density at radius 2 is 2.10 bits per heavy atom. The van der Waals surface area contributed by atoms with E-state index in [0.29, 0.717) is 12.5 Å². The topological polar surface area (TPSA) is 54.9 Å². The van der Waals surface area contributed by atoms with Crippen molar-refractivity contribution < 1.29 is 4.79 Å². The third kappa shape index (κ3) is 4.31. The first-order chi connectivity index (χ1) is 9.66. The Balaban J connectivity index is 1.80. The molecule has 1 heterocycles. The molecule has 0 fully saturated rings. The summed E-state index contributed by atoms with van der Waals surface area (Å²) < 4.78 is 0.823. The van der Waals surface area contributed by atoms with Gasteiger partial charge in [0.2, 0.25) is 5.91 Å². The summed E-state index contributed by atoms with van der Waals surface area (Å²) in [6.07, 6.45) is 0. The Labute approximate surface area is 127 Å². The molecule has 0 aliphatic heterocycles. The first-order valence-electron chi connectivity index (χ1n) is 6.42. The summed E-state index contributed by atoms with van der Waals surface area (Å²) >= 11 is 2.89. The fraction of sp³-hybridized carbons (Fsp3) is 0.357. The maximum Gasteiger partial charge on any atom is 0.233 e. The van der Waals surface area contributed by atoms with Crippen molar-refractivity contribution in [3.63, 3.8) is 0 Å². The molecule has 106 valence electrons. The maximum absolute atomic E-state index is 12.0. The van der Waals surface area contributed by atoms with Crippen LogP contribution in [0, 0.1) is 0 Å². The number of hydrogen-bond donors (Lipinski definition) is 1. The molecule has 1 N–H and O–H groups in total. The molecule has 0 spiro atoms. The molecule has 2 rings (SSSR count). The van der Waals surface area contributed by atoms with Crippen LogP contribution in [0.1, 0.15) is 25.3 Å². The van der Waals surface area contributed by atoms with Crippen LogP contribution >= 0.6 is 23.1 Å². The number of nitrogens with zero attached hydrogens (tertiary/aromatic N) is 2. The van der Waals surface area contributed by atoms with E-state index in [0.717, 1.165) is 4.34 Å². The Morgan fingerprint density at radius 1 is 1.35 bits per heavy atom. The molecule has 1 aromatic heterocycles. The van der Waals surface area contributed by atoms with Gasteiger partial charge in [0.05, 0.1) is 5.25 Å². The molecule has 0 aliphatic rings. The molecule has 2 atom stereocenters. The van der Waals surface area contributed by atoms with Crippen LogP contribution in [0.15, 0.2) is 40.2 Å². The average molecular weight is 307 g/mol. The van der Waals surface area contributed by atoms with E-state index in [1.165, 1.54) is 28.7 Å². The maximum atomic E-state index is 12.0. The summed E-state index contributed by atoms with van der Waals surface area (Å²) in [5, 5.41) is 10.5. The van der Waals surface area contributed by atoms with Gasteiger partial charge in [-0.3, -0.25) is 4.79 Å². The van der Waals surface area contributed by atoms with Gasteiger partial charge in [0.1, 0.15) is 5.51 Å². The van der Waals surface area contributed by atoms with Crippen LogP contribution in [0.4, 0.5) is 0 Å². The van der Waals surface area contributed by atoms with E-state index in [2.05, 4.69) is 34.6 Å². The lowest BCUT2D eigenvalue weighted by molar-refractivity contribution is -0.120. The SMILES string of the molecule is C[C@H](Sc1nncs1)C(=O)NC[C@@H](C)c1ccccc1. The first-order valence-corrected chi connectivity index (χ1v) is 8.18. The molecule has 6 heteroatoms. The number of benzene rings is 1. The van der Waals surface area contributed by atoms with Gasteiger partial charge in [-0.15, -0.1) is 10.2 Å². The van der Waals surface area contributed by atoms with Crippen molar-refractivity contribution in [1.82, 2.24) is 15.5 Å². The summed E-state index contributed by atoms with van der Waals surface area (Å²) in [7, 11) is 0. The highest BCUT2D eigenvalue weighted by Gasteiger charge is 2.16. The van der Waals surface area contributed by atoms with Gasteiger partial charge in [0, 0.05) is 6.54 Å². The highest BCUT2D eigenvalue weighted by molar-refractivity contribution is 8.02. The second-order valence-electron chi connectivity index (χ2n) is 4.52. The Kier molecular flexibility index (Phi) is 5.55. The second-order valence-corrected chi connectivity index (χ2v) is 6.94. The largest absolute Gasteiger partial charge is 0.355 e. The van der Waals surface area contributed by atoms with E-state index in [1.807, 2.05) is 25.1 Å².